The van der Waals surface area contributed by atoms with Gasteiger partial charge in [0.05, 0.1) is 31.8 Å². The normalized spacial score (nSPS) is 11.5. The van der Waals surface area contributed by atoms with Crippen molar-refractivity contribution in [3.63, 3.8) is 0 Å². The third-order valence-corrected chi connectivity index (χ3v) is 4.58. The standard InChI is InChI=1S/C19H23NO4S/c1-5-24-16-9-7-6-8-15(16)20-19(21)13(2)25-14-10-11-17(22-3)18(12-14)23-4/h6-13H,5H2,1-4H3,(H,20,21). The van der Waals surface area contributed by atoms with Gasteiger partial charge in [0, 0.05) is 4.90 Å². The van der Waals surface area contributed by atoms with E-state index in [9.17, 15) is 4.79 Å². The summed E-state index contributed by atoms with van der Waals surface area (Å²) < 4.78 is 16.1. The molecular weight excluding hydrogens is 338 g/mol. The number of nitrogens with one attached hydrogen (secondary N) is 1. The number of thioether (sulfide) groups is 1. The number of para-hydroxylation sites is 2. The lowest BCUT2D eigenvalue weighted by atomic mass is 10.3. The van der Waals surface area contributed by atoms with Gasteiger partial charge in [0.25, 0.3) is 0 Å². The average molecular weight is 361 g/mol. The molecule has 0 aromatic heterocycles. The van der Waals surface area contributed by atoms with E-state index in [0.717, 1.165) is 4.90 Å². The van der Waals surface area contributed by atoms with Crippen LogP contribution >= 0.6 is 11.8 Å². The Balaban J connectivity index is 2.06. The molecule has 5 nitrogen and oxygen atoms in total. The molecule has 134 valence electrons. The molecule has 0 aliphatic carbocycles. The molecule has 2 aromatic rings. The first-order valence-corrected chi connectivity index (χ1v) is 8.88. The van der Waals surface area contributed by atoms with Gasteiger partial charge >= 0.3 is 0 Å². The Hall–Kier alpha value is -2.34. The monoisotopic (exact) mass is 361 g/mol. The van der Waals surface area contributed by atoms with Gasteiger partial charge in [0.15, 0.2) is 11.5 Å². The van der Waals surface area contributed by atoms with Crippen LogP contribution in [-0.4, -0.2) is 32.0 Å². The van der Waals surface area contributed by atoms with E-state index in [1.807, 2.05) is 56.3 Å². The molecule has 1 amide bonds. The summed E-state index contributed by atoms with van der Waals surface area (Å²) in [5, 5.41) is 2.64. The lowest BCUT2D eigenvalue weighted by Crippen LogP contribution is -2.22. The van der Waals surface area contributed by atoms with Gasteiger partial charge in [0.2, 0.25) is 5.91 Å². The molecule has 0 radical (unpaired) electrons. The van der Waals surface area contributed by atoms with Crippen LogP contribution in [0.1, 0.15) is 13.8 Å². The van der Waals surface area contributed by atoms with E-state index in [4.69, 9.17) is 14.2 Å². The quantitative estimate of drug-likeness (QED) is 0.714. The Morgan fingerprint density at radius 3 is 2.48 bits per heavy atom. The van der Waals surface area contributed by atoms with Crippen molar-refractivity contribution >= 4 is 23.4 Å². The minimum absolute atomic E-state index is 0.0908. The number of carbonyl (C=O) groups is 1. The Morgan fingerprint density at radius 2 is 1.80 bits per heavy atom. The predicted octanol–water partition coefficient (Wildman–Crippen LogP) is 4.22. The fraction of sp³-hybridized carbons (Fsp3) is 0.316. The second-order valence-corrected chi connectivity index (χ2v) is 6.61. The number of hydrogen-bond acceptors (Lipinski definition) is 5. The van der Waals surface area contributed by atoms with Crippen molar-refractivity contribution in [1.82, 2.24) is 0 Å². The molecule has 0 fully saturated rings. The van der Waals surface area contributed by atoms with Gasteiger partial charge in [0.1, 0.15) is 5.75 Å². The molecule has 0 aliphatic heterocycles. The molecule has 0 saturated heterocycles. The van der Waals surface area contributed by atoms with Crippen LogP contribution in [0.15, 0.2) is 47.4 Å². The number of carbonyl (C=O) groups excluding carboxylic acids is 1. The van der Waals surface area contributed by atoms with Gasteiger partial charge < -0.3 is 19.5 Å². The highest BCUT2D eigenvalue weighted by Gasteiger charge is 2.17. The number of methoxy groups -OCH3 is 2. The third kappa shape index (κ3) is 5.06. The Bertz CT molecular complexity index is 720. The summed E-state index contributed by atoms with van der Waals surface area (Å²) in [6.07, 6.45) is 0. The number of amides is 1. The third-order valence-electron chi connectivity index (χ3n) is 3.48. The topological polar surface area (TPSA) is 56.8 Å². The second kappa shape index (κ2) is 9.22. The Labute approximate surface area is 152 Å². The maximum Gasteiger partial charge on any atom is 0.237 e. The zero-order valence-corrected chi connectivity index (χ0v) is 15.7. The highest BCUT2D eigenvalue weighted by Crippen LogP contribution is 2.34. The van der Waals surface area contributed by atoms with E-state index in [2.05, 4.69) is 5.32 Å². The van der Waals surface area contributed by atoms with Crippen LogP contribution in [0.25, 0.3) is 0 Å². The first-order chi connectivity index (χ1) is 12.1. The van der Waals surface area contributed by atoms with Gasteiger partial charge in [-0.3, -0.25) is 4.79 Å². The predicted molar refractivity (Wildman–Crippen MR) is 101 cm³/mol. The number of anilines is 1. The molecule has 0 spiro atoms. The lowest BCUT2D eigenvalue weighted by Gasteiger charge is -2.15. The van der Waals surface area contributed by atoms with Gasteiger partial charge in [-0.25, -0.2) is 0 Å². The molecule has 2 rings (SSSR count). The summed E-state index contributed by atoms with van der Waals surface area (Å²) in [5.41, 5.74) is 0.675. The van der Waals surface area contributed by atoms with Crippen molar-refractivity contribution in [2.75, 3.05) is 26.1 Å². The summed E-state index contributed by atoms with van der Waals surface area (Å²) in [6, 6.07) is 13.0. The average Bonchev–Trinajstić information content (AvgIpc) is 2.63. The summed E-state index contributed by atoms with van der Waals surface area (Å²) in [4.78, 5) is 13.4. The first kappa shape index (κ1) is 19.0. The van der Waals surface area contributed by atoms with E-state index in [1.165, 1.54) is 11.8 Å². The Morgan fingerprint density at radius 1 is 1.08 bits per heavy atom. The van der Waals surface area contributed by atoms with Crippen molar-refractivity contribution in [1.29, 1.82) is 0 Å². The molecule has 25 heavy (non-hydrogen) atoms. The highest BCUT2D eigenvalue weighted by atomic mass is 32.2. The molecule has 0 aliphatic rings. The van der Waals surface area contributed by atoms with Crippen LogP contribution in [0.4, 0.5) is 5.69 Å². The van der Waals surface area contributed by atoms with Crippen molar-refractivity contribution in [3.8, 4) is 17.2 Å². The van der Waals surface area contributed by atoms with E-state index in [1.54, 1.807) is 14.2 Å². The van der Waals surface area contributed by atoms with Crippen molar-refractivity contribution in [3.05, 3.63) is 42.5 Å². The van der Waals surface area contributed by atoms with Crippen LogP contribution in [0, 0.1) is 0 Å². The lowest BCUT2D eigenvalue weighted by molar-refractivity contribution is -0.115. The number of hydrogen-bond donors (Lipinski definition) is 1. The van der Waals surface area contributed by atoms with Crippen molar-refractivity contribution < 1.29 is 19.0 Å². The summed E-state index contributed by atoms with van der Waals surface area (Å²) in [5.74, 6) is 1.88. The zero-order valence-electron chi connectivity index (χ0n) is 14.9. The molecule has 1 unspecified atom stereocenters. The summed E-state index contributed by atoms with van der Waals surface area (Å²) in [6.45, 7) is 4.32. The fourth-order valence-corrected chi connectivity index (χ4v) is 3.13. The van der Waals surface area contributed by atoms with E-state index >= 15 is 0 Å². The number of benzene rings is 2. The van der Waals surface area contributed by atoms with Crippen molar-refractivity contribution in [2.24, 2.45) is 0 Å². The molecule has 2 aromatic carbocycles. The van der Waals surface area contributed by atoms with Gasteiger partial charge in [-0.15, -0.1) is 11.8 Å². The Kier molecular flexibility index (Phi) is 7.01. The maximum absolute atomic E-state index is 12.5. The van der Waals surface area contributed by atoms with E-state index < -0.39 is 0 Å². The summed E-state index contributed by atoms with van der Waals surface area (Å²) in [7, 11) is 3.18. The largest absolute Gasteiger partial charge is 0.493 e. The smallest absolute Gasteiger partial charge is 0.237 e. The van der Waals surface area contributed by atoms with Crippen LogP contribution in [0.5, 0.6) is 17.2 Å². The van der Waals surface area contributed by atoms with Gasteiger partial charge in [-0.1, -0.05) is 12.1 Å². The maximum atomic E-state index is 12.5. The molecule has 0 saturated carbocycles. The zero-order chi connectivity index (χ0) is 18.2. The summed E-state index contributed by atoms with van der Waals surface area (Å²) >= 11 is 1.45. The fourth-order valence-electron chi connectivity index (χ4n) is 2.23. The highest BCUT2D eigenvalue weighted by molar-refractivity contribution is 8.00. The van der Waals surface area contributed by atoms with Crippen molar-refractivity contribution in [2.45, 2.75) is 24.0 Å². The number of ether oxygens (including phenoxy) is 3. The van der Waals surface area contributed by atoms with Crippen LogP contribution in [0.3, 0.4) is 0 Å². The number of rotatable bonds is 8. The minimum atomic E-state index is -0.284. The minimum Gasteiger partial charge on any atom is -0.493 e. The first-order valence-electron chi connectivity index (χ1n) is 8.00. The SMILES string of the molecule is CCOc1ccccc1NC(=O)C(C)Sc1ccc(OC)c(OC)c1. The van der Waals surface area contributed by atoms with E-state index in [0.29, 0.717) is 29.5 Å². The van der Waals surface area contributed by atoms with Crippen LogP contribution < -0.4 is 19.5 Å². The second-order valence-electron chi connectivity index (χ2n) is 5.20. The van der Waals surface area contributed by atoms with Crippen LogP contribution in [0.2, 0.25) is 0 Å². The van der Waals surface area contributed by atoms with Gasteiger partial charge in [-0.2, -0.15) is 0 Å². The van der Waals surface area contributed by atoms with Crippen LogP contribution in [-0.2, 0) is 4.79 Å². The van der Waals surface area contributed by atoms with E-state index in [-0.39, 0.29) is 11.2 Å². The molecule has 0 heterocycles. The molecule has 6 heteroatoms. The molecule has 1 N–H and O–H groups in total. The van der Waals surface area contributed by atoms with Gasteiger partial charge in [-0.05, 0) is 44.2 Å². The molecular formula is C19H23NO4S. The molecule has 1 atom stereocenters. The molecule has 0 bridgehead atoms.